The van der Waals surface area contributed by atoms with Gasteiger partial charge in [0.1, 0.15) is 5.60 Å². The Morgan fingerprint density at radius 2 is 1.71 bits per heavy atom. The number of rotatable bonds is 3. The molecule has 0 saturated carbocycles. The molecule has 1 fully saturated rings. The molecular formula is C19H28N2O3. The highest BCUT2D eigenvalue weighted by Gasteiger charge is 2.24. The number of ketones is 1. The zero-order chi connectivity index (χ0) is 17.7. The van der Waals surface area contributed by atoms with Gasteiger partial charge in [-0.1, -0.05) is 6.92 Å². The van der Waals surface area contributed by atoms with Crippen molar-refractivity contribution >= 4 is 17.6 Å². The Bertz CT molecular complexity index is 575. The second kappa shape index (κ2) is 7.69. The summed E-state index contributed by atoms with van der Waals surface area (Å²) in [4.78, 5) is 28.0. The van der Waals surface area contributed by atoms with Gasteiger partial charge in [-0.2, -0.15) is 0 Å². The number of carbonyl (C=O) groups is 2. The van der Waals surface area contributed by atoms with Crippen molar-refractivity contribution < 1.29 is 14.3 Å². The number of ether oxygens (including phenoxy) is 1. The molecule has 0 spiro atoms. The van der Waals surface area contributed by atoms with Crippen molar-refractivity contribution in [1.29, 1.82) is 0 Å². The minimum Gasteiger partial charge on any atom is -0.444 e. The van der Waals surface area contributed by atoms with Gasteiger partial charge in [-0.15, -0.1) is 0 Å². The Kier molecular flexibility index (Phi) is 5.86. The molecule has 1 heterocycles. The average Bonchev–Trinajstić information content (AvgIpc) is 2.79. The minimum absolute atomic E-state index is 0.161. The smallest absolute Gasteiger partial charge is 0.410 e. The number of anilines is 1. The van der Waals surface area contributed by atoms with Crippen molar-refractivity contribution in [2.45, 2.75) is 46.1 Å². The maximum absolute atomic E-state index is 12.2. The summed E-state index contributed by atoms with van der Waals surface area (Å²) in [6, 6.07) is 7.76. The second-order valence-corrected chi connectivity index (χ2v) is 7.13. The lowest BCUT2D eigenvalue weighted by Gasteiger charge is -2.27. The van der Waals surface area contributed by atoms with Gasteiger partial charge < -0.3 is 14.5 Å². The standard InChI is InChI=1S/C19H28N2O3/c1-5-17(22)15-7-9-16(10-8-15)20-11-6-12-21(14-13-20)18(23)24-19(2,3)4/h7-10H,5-6,11-14H2,1-4H3. The van der Waals surface area contributed by atoms with Gasteiger partial charge in [0.15, 0.2) is 5.78 Å². The normalized spacial score (nSPS) is 15.8. The average molecular weight is 332 g/mol. The minimum atomic E-state index is -0.468. The maximum atomic E-state index is 12.2. The van der Waals surface area contributed by atoms with E-state index in [2.05, 4.69) is 4.90 Å². The first-order chi connectivity index (χ1) is 11.3. The highest BCUT2D eigenvalue weighted by Crippen LogP contribution is 2.19. The number of amides is 1. The van der Waals surface area contributed by atoms with Gasteiger partial charge >= 0.3 is 6.09 Å². The van der Waals surface area contributed by atoms with E-state index < -0.39 is 5.60 Å². The summed E-state index contributed by atoms with van der Waals surface area (Å²) in [5.41, 5.74) is 1.38. The van der Waals surface area contributed by atoms with Crippen molar-refractivity contribution in [3.63, 3.8) is 0 Å². The first-order valence-electron chi connectivity index (χ1n) is 8.66. The summed E-state index contributed by atoms with van der Waals surface area (Å²) in [6.07, 6.45) is 1.18. The van der Waals surface area contributed by atoms with Crippen molar-refractivity contribution in [2.75, 3.05) is 31.1 Å². The van der Waals surface area contributed by atoms with Crippen LogP contribution in [-0.4, -0.2) is 48.6 Å². The molecule has 0 N–H and O–H groups in total. The van der Waals surface area contributed by atoms with Crippen LogP contribution in [0.2, 0.25) is 0 Å². The number of benzene rings is 1. The van der Waals surface area contributed by atoms with E-state index in [0.29, 0.717) is 19.5 Å². The summed E-state index contributed by atoms with van der Waals surface area (Å²) in [7, 11) is 0. The molecule has 0 aromatic heterocycles. The Morgan fingerprint density at radius 1 is 1.04 bits per heavy atom. The van der Waals surface area contributed by atoms with Crippen LogP contribution in [-0.2, 0) is 4.74 Å². The molecule has 5 nitrogen and oxygen atoms in total. The van der Waals surface area contributed by atoms with Gasteiger partial charge in [0.25, 0.3) is 0 Å². The summed E-state index contributed by atoms with van der Waals surface area (Å²) in [5, 5.41) is 0. The van der Waals surface area contributed by atoms with E-state index in [0.717, 1.165) is 30.8 Å². The van der Waals surface area contributed by atoms with E-state index >= 15 is 0 Å². The van der Waals surface area contributed by atoms with E-state index in [1.807, 2.05) is 52.0 Å². The zero-order valence-electron chi connectivity index (χ0n) is 15.2. The molecule has 0 aliphatic carbocycles. The van der Waals surface area contributed by atoms with Crippen molar-refractivity contribution in [3.8, 4) is 0 Å². The summed E-state index contributed by atoms with van der Waals surface area (Å²) in [5.74, 6) is 0.161. The van der Waals surface area contributed by atoms with E-state index in [1.54, 1.807) is 4.90 Å². The molecule has 0 unspecified atom stereocenters. The van der Waals surface area contributed by atoms with E-state index in [9.17, 15) is 9.59 Å². The second-order valence-electron chi connectivity index (χ2n) is 7.13. The Morgan fingerprint density at radius 3 is 2.29 bits per heavy atom. The molecule has 0 bridgehead atoms. The van der Waals surface area contributed by atoms with Gasteiger partial charge in [0, 0.05) is 43.9 Å². The quantitative estimate of drug-likeness (QED) is 0.792. The first kappa shape index (κ1) is 18.3. The van der Waals surface area contributed by atoms with E-state index in [4.69, 9.17) is 4.74 Å². The third kappa shape index (κ3) is 4.98. The van der Waals surface area contributed by atoms with Crippen LogP contribution in [0.15, 0.2) is 24.3 Å². The number of Topliss-reactive ketones (excluding diaryl/α,β-unsaturated/α-hetero) is 1. The monoisotopic (exact) mass is 332 g/mol. The number of hydrogen-bond donors (Lipinski definition) is 0. The molecule has 1 saturated heterocycles. The molecule has 5 heteroatoms. The molecule has 2 rings (SSSR count). The van der Waals surface area contributed by atoms with E-state index in [1.165, 1.54) is 0 Å². The van der Waals surface area contributed by atoms with Crippen LogP contribution in [0.5, 0.6) is 0 Å². The molecule has 24 heavy (non-hydrogen) atoms. The molecule has 132 valence electrons. The molecule has 1 aliphatic heterocycles. The van der Waals surface area contributed by atoms with Crippen LogP contribution in [0, 0.1) is 0 Å². The van der Waals surface area contributed by atoms with Gasteiger partial charge in [0.2, 0.25) is 0 Å². The van der Waals surface area contributed by atoms with Crippen molar-refractivity contribution in [3.05, 3.63) is 29.8 Å². The first-order valence-corrected chi connectivity index (χ1v) is 8.66. The lowest BCUT2D eigenvalue weighted by atomic mass is 10.1. The fourth-order valence-corrected chi connectivity index (χ4v) is 2.75. The van der Waals surface area contributed by atoms with Crippen molar-refractivity contribution in [1.82, 2.24) is 4.90 Å². The Hall–Kier alpha value is -2.04. The van der Waals surface area contributed by atoms with Crippen LogP contribution in [0.3, 0.4) is 0 Å². The summed E-state index contributed by atoms with van der Waals surface area (Å²) < 4.78 is 5.46. The molecule has 1 aliphatic rings. The van der Waals surface area contributed by atoms with Gasteiger partial charge in [0.05, 0.1) is 0 Å². The molecule has 0 atom stereocenters. The summed E-state index contributed by atoms with van der Waals surface area (Å²) >= 11 is 0. The van der Waals surface area contributed by atoms with Crippen LogP contribution in [0.4, 0.5) is 10.5 Å². The molecule has 1 amide bonds. The molecular weight excluding hydrogens is 304 g/mol. The number of nitrogens with zero attached hydrogens (tertiary/aromatic N) is 2. The SMILES string of the molecule is CCC(=O)c1ccc(N2CCCN(C(=O)OC(C)(C)C)CC2)cc1. The van der Waals surface area contributed by atoms with Gasteiger partial charge in [-0.05, 0) is 51.5 Å². The predicted octanol–water partition coefficient (Wildman–Crippen LogP) is 3.73. The lowest BCUT2D eigenvalue weighted by Crippen LogP contribution is -2.39. The van der Waals surface area contributed by atoms with Gasteiger partial charge in [-0.3, -0.25) is 4.79 Å². The zero-order valence-corrected chi connectivity index (χ0v) is 15.2. The number of hydrogen-bond acceptors (Lipinski definition) is 4. The topological polar surface area (TPSA) is 49.9 Å². The van der Waals surface area contributed by atoms with Crippen LogP contribution in [0.1, 0.15) is 50.9 Å². The van der Waals surface area contributed by atoms with Crippen LogP contribution < -0.4 is 4.90 Å². The fourth-order valence-electron chi connectivity index (χ4n) is 2.75. The largest absolute Gasteiger partial charge is 0.444 e. The summed E-state index contributed by atoms with van der Waals surface area (Å²) in [6.45, 7) is 10.5. The molecule has 1 aromatic rings. The Labute approximate surface area is 144 Å². The third-order valence-corrected chi connectivity index (χ3v) is 4.02. The lowest BCUT2D eigenvalue weighted by molar-refractivity contribution is 0.0263. The van der Waals surface area contributed by atoms with Crippen LogP contribution in [0.25, 0.3) is 0 Å². The highest BCUT2D eigenvalue weighted by molar-refractivity contribution is 5.96. The molecule has 0 radical (unpaired) electrons. The maximum Gasteiger partial charge on any atom is 0.410 e. The number of carbonyl (C=O) groups excluding carboxylic acids is 2. The van der Waals surface area contributed by atoms with E-state index in [-0.39, 0.29) is 11.9 Å². The van der Waals surface area contributed by atoms with Gasteiger partial charge in [-0.25, -0.2) is 4.79 Å². The fraction of sp³-hybridized carbons (Fsp3) is 0.579. The predicted molar refractivity (Wildman–Crippen MR) is 95.7 cm³/mol. The van der Waals surface area contributed by atoms with Crippen LogP contribution >= 0.6 is 0 Å². The Balaban J connectivity index is 1.98. The highest BCUT2D eigenvalue weighted by atomic mass is 16.6. The van der Waals surface area contributed by atoms with Crippen molar-refractivity contribution in [2.24, 2.45) is 0 Å². The molecule has 1 aromatic carbocycles. The third-order valence-electron chi connectivity index (χ3n) is 4.02.